The summed E-state index contributed by atoms with van der Waals surface area (Å²) in [5.41, 5.74) is 7.38. The lowest BCUT2D eigenvalue weighted by Gasteiger charge is -2.27. The van der Waals surface area contributed by atoms with Crippen molar-refractivity contribution >= 4 is 22.7 Å². The van der Waals surface area contributed by atoms with Crippen LogP contribution in [-0.2, 0) is 23.9 Å². The second kappa shape index (κ2) is 11.9. The van der Waals surface area contributed by atoms with E-state index >= 15 is 0 Å². The van der Waals surface area contributed by atoms with Crippen LogP contribution in [-0.4, -0.2) is 39.7 Å². The molecule has 6 nitrogen and oxygen atoms in total. The minimum atomic E-state index is -4.35. The number of fused-ring (bicyclic) bond motifs is 1. The summed E-state index contributed by atoms with van der Waals surface area (Å²) in [6.07, 6.45) is -3.77. The van der Waals surface area contributed by atoms with Crippen molar-refractivity contribution in [3.63, 3.8) is 0 Å². The quantitative estimate of drug-likeness (QED) is 0.218. The van der Waals surface area contributed by atoms with Crippen LogP contribution < -0.4 is 4.90 Å². The zero-order valence-corrected chi connectivity index (χ0v) is 24.4. The minimum absolute atomic E-state index is 0.0654. The third kappa shape index (κ3) is 6.55. The van der Waals surface area contributed by atoms with Crippen molar-refractivity contribution in [2.45, 2.75) is 66.1 Å². The maximum atomic E-state index is 13.1. The molecule has 0 fully saturated rings. The highest BCUT2D eigenvalue weighted by Crippen LogP contribution is 2.36. The van der Waals surface area contributed by atoms with Crippen molar-refractivity contribution < 1.29 is 23.1 Å². The summed E-state index contributed by atoms with van der Waals surface area (Å²) in [6, 6.07) is 14.0. The van der Waals surface area contributed by atoms with Crippen LogP contribution in [0.2, 0.25) is 0 Å². The Morgan fingerprint density at radius 1 is 1.05 bits per heavy atom. The highest BCUT2D eigenvalue weighted by Gasteiger charge is 2.30. The number of carbonyl (C=O) groups is 1. The number of alkyl halides is 3. The fourth-order valence-corrected chi connectivity index (χ4v) is 5.74. The summed E-state index contributed by atoms with van der Waals surface area (Å²) in [7, 11) is 1.99. The molecule has 3 aromatic carbocycles. The van der Waals surface area contributed by atoms with Crippen LogP contribution in [0.5, 0.6) is 0 Å². The number of benzene rings is 3. The zero-order chi connectivity index (χ0) is 30.1. The summed E-state index contributed by atoms with van der Waals surface area (Å²) in [4.78, 5) is 14.1. The lowest BCUT2D eigenvalue weighted by Crippen LogP contribution is -2.26. The van der Waals surface area contributed by atoms with E-state index in [-0.39, 0.29) is 18.3 Å². The molecule has 41 heavy (non-hydrogen) atoms. The predicted octanol–water partition coefficient (Wildman–Crippen LogP) is 7.32. The summed E-state index contributed by atoms with van der Waals surface area (Å²) in [5, 5.41) is 18.4. The molecule has 0 amide bonds. The van der Waals surface area contributed by atoms with Gasteiger partial charge in [-0.3, -0.25) is 4.79 Å². The van der Waals surface area contributed by atoms with Gasteiger partial charge in [0.15, 0.2) is 0 Å². The van der Waals surface area contributed by atoms with Crippen molar-refractivity contribution in [1.29, 1.82) is 0 Å². The van der Waals surface area contributed by atoms with Crippen molar-refractivity contribution in [3.8, 4) is 0 Å². The average Bonchev–Trinajstić information content (AvgIpc) is 3.32. The molecule has 0 aliphatic carbocycles. The van der Waals surface area contributed by atoms with Gasteiger partial charge in [-0.15, -0.1) is 5.10 Å². The first-order valence-corrected chi connectivity index (χ1v) is 13.8. The molecule has 2 atom stereocenters. The van der Waals surface area contributed by atoms with E-state index in [2.05, 4.69) is 28.2 Å². The van der Waals surface area contributed by atoms with Gasteiger partial charge in [-0.1, -0.05) is 36.4 Å². The normalized spacial score (nSPS) is 13.4. The summed E-state index contributed by atoms with van der Waals surface area (Å²) in [6.45, 7) is 11.2. The number of halogens is 3. The molecule has 0 aliphatic heterocycles. The van der Waals surface area contributed by atoms with Crippen LogP contribution in [0.4, 0.5) is 18.9 Å². The van der Waals surface area contributed by atoms with Gasteiger partial charge in [0, 0.05) is 31.7 Å². The van der Waals surface area contributed by atoms with Crippen LogP contribution in [0.1, 0.15) is 65.1 Å². The van der Waals surface area contributed by atoms with Gasteiger partial charge in [0.1, 0.15) is 5.52 Å². The molecule has 218 valence electrons. The molecular formula is C32H37F3N4O2. The molecule has 4 aromatic rings. The van der Waals surface area contributed by atoms with Crippen LogP contribution in [0.15, 0.2) is 48.5 Å². The second-order valence-electron chi connectivity index (χ2n) is 11.1. The Balaban J connectivity index is 1.60. The van der Waals surface area contributed by atoms with E-state index in [1.54, 1.807) is 13.0 Å². The summed E-state index contributed by atoms with van der Waals surface area (Å²) in [5.74, 6) is -1.09. The maximum absolute atomic E-state index is 13.1. The van der Waals surface area contributed by atoms with Crippen LogP contribution in [0, 0.1) is 26.7 Å². The van der Waals surface area contributed by atoms with E-state index in [9.17, 15) is 23.1 Å². The van der Waals surface area contributed by atoms with Gasteiger partial charge in [0.2, 0.25) is 0 Å². The fraction of sp³-hybridized carbons (Fsp3) is 0.406. The standard InChI is InChI=1S/C32H37F3N4O2/c1-7-39-28-13-12-26(22(5)31(28)36-37-39)27(17-30(40)41)24-9-8-20(3)29(16-24)38(6)18-19(2)14-23-10-11-25(15-21(23)4)32(33,34)35/h8-13,15-16,19,27H,7,14,17-18H2,1-6H3,(H,40,41)/t19-,27?/m0/s1. The molecule has 0 saturated heterocycles. The molecule has 0 spiro atoms. The molecular weight excluding hydrogens is 529 g/mol. The Hall–Kier alpha value is -3.88. The Morgan fingerprint density at radius 2 is 1.78 bits per heavy atom. The van der Waals surface area contributed by atoms with Crippen molar-refractivity contribution in [3.05, 3.63) is 87.5 Å². The van der Waals surface area contributed by atoms with Gasteiger partial charge >= 0.3 is 12.1 Å². The molecule has 1 unspecified atom stereocenters. The number of nitrogens with zero attached hydrogens (tertiary/aromatic N) is 4. The van der Waals surface area contributed by atoms with E-state index < -0.39 is 17.7 Å². The van der Waals surface area contributed by atoms with E-state index in [0.29, 0.717) is 25.1 Å². The van der Waals surface area contributed by atoms with Crippen molar-refractivity contribution in [2.75, 3.05) is 18.5 Å². The molecule has 1 aromatic heterocycles. The van der Waals surface area contributed by atoms with Gasteiger partial charge in [-0.2, -0.15) is 13.2 Å². The zero-order valence-electron chi connectivity index (χ0n) is 24.4. The minimum Gasteiger partial charge on any atom is -0.481 e. The van der Waals surface area contributed by atoms with Gasteiger partial charge in [0.05, 0.1) is 17.5 Å². The summed E-state index contributed by atoms with van der Waals surface area (Å²) < 4.78 is 41.1. The monoisotopic (exact) mass is 566 g/mol. The number of rotatable bonds is 10. The first kappa shape index (κ1) is 30.1. The summed E-state index contributed by atoms with van der Waals surface area (Å²) >= 11 is 0. The van der Waals surface area contributed by atoms with E-state index in [4.69, 9.17) is 0 Å². The largest absolute Gasteiger partial charge is 0.481 e. The van der Waals surface area contributed by atoms with Crippen LogP contribution in [0.25, 0.3) is 11.0 Å². The number of hydrogen-bond donors (Lipinski definition) is 1. The molecule has 0 bridgehead atoms. The number of carboxylic acids is 1. The third-order valence-corrected chi connectivity index (χ3v) is 7.91. The Labute approximate surface area is 238 Å². The molecule has 1 heterocycles. The van der Waals surface area contributed by atoms with Gasteiger partial charge in [-0.05, 0) is 97.7 Å². The number of aliphatic carboxylic acids is 1. The number of anilines is 1. The SMILES string of the molecule is CCn1nnc2c(C)c(C(CC(=O)O)c3ccc(C)c(N(C)C[C@@H](C)Cc4ccc(C(F)(F)F)cc4C)c3)ccc21. The number of aryl methyl sites for hydroxylation is 4. The number of aromatic nitrogens is 3. The Morgan fingerprint density at radius 3 is 2.41 bits per heavy atom. The lowest BCUT2D eigenvalue weighted by atomic mass is 9.85. The first-order chi connectivity index (χ1) is 19.3. The molecule has 9 heteroatoms. The Bertz CT molecular complexity index is 1560. The highest BCUT2D eigenvalue weighted by molar-refractivity contribution is 5.80. The lowest BCUT2D eigenvalue weighted by molar-refractivity contribution is -0.138. The number of hydrogen-bond acceptors (Lipinski definition) is 4. The predicted molar refractivity (Wildman–Crippen MR) is 156 cm³/mol. The topological polar surface area (TPSA) is 71.2 Å². The van der Waals surface area contributed by atoms with Gasteiger partial charge < -0.3 is 10.0 Å². The maximum Gasteiger partial charge on any atom is 0.416 e. The first-order valence-electron chi connectivity index (χ1n) is 13.8. The second-order valence-corrected chi connectivity index (χ2v) is 11.1. The third-order valence-electron chi connectivity index (χ3n) is 7.91. The smallest absolute Gasteiger partial charge is 0.416 e. The average molecular weight is 567 g/mol. The molecule has 0 aliphatic rings. The van der Waals surface area contributed by atoms with Crippen molar-refractivity contribution in [1.82, 2.24) is 15.0 Å². The van der Waals surface area contributed by atoms with Gasteiger partial charge in [-0.25, -0.2) is 4.68 Å². The molecule has 0 saturated carbocycles. The Kier molecular flexibility index (Phi) is 8.75. The molecule has 1 N–H and O–H groups in total. The van der Waals surface area contributed by atoms with E-state index in [0.717, 1.165) is 50.6 Å². The van der Waals surface area contributed by atoms with Crippen molar-refractivity contribution in [2.24, 2.45) is 5.92 Å². The van der Waals surface area contributed by atoms with Crippen LogP contribution in [0.3, 0.4) is 0 Å². The highest BCUT2D eigenvalue weighted by atomic mass is 19.4. The van der Waals surface area contributed by atoms with E-state index in [1.807, 2.05) is 56.8 Å². The van der Waals surface area contributed by atoms with Crippen LogP contribution >= 0.6 is 0 Å². The molecule has 4 rings (SSSR count). The fourth-order valence-electron chi connectivity index (χ4n) is 5.74. The van der Waals surface area contributed by atoms with E-state index in [1.165, 1.54) is 6.07 Å². The number of carboxylic acid groups (broad SMARTS) is 1. The molecule has 0 radical (unpaired) electrons. The van der Waals surface area contributed by atoms with Gasteiger partial charge in [0.25, 0.3) is 0 Å².